The molecule has 17 heavy (non-hydrogen) atoms. The van der Waals surface area contributed by atoms with Crippen LogP contribution in [0.1, 0.15) is 19.4 Å². The van der Waals surface area contributed by atoms with Crippen LogP contribution in [0.3, 0.4) is 0 Å². The summed E-state index contributed by atoms with van der Waals surface area (Å²) in [5.41, 5.74) is -0.317. The van der Waals surface area contributed by atoms with Gasteiger partial charge in [-0.1, -0.05) is 0 Å². The van der Waals surface area contributed by atoms with E-state index in [2.05, 4.69) is 0 Å². The average Bonchev–Trinajstić information content (AvgIpc) is 2.29. The van der Waals surface area contributed by atoms with Gasteiger partial charge in [-0.15, -0.1) is 0 Å². The van der Waals surface area contributed by atoms with Crippen LogP contribution in [0.2, 0.25) is 0 Å². The third-order valence-electron chi connectivity index (χ3n) is 2.17. The molecule has 0 amide bonds. The standard InChI is InChI=1S/C12H16N2O3/c1-9(2)17-8-11(15)7-14-5-3-4-10(6-13)12(14)16/h3-5,9,11,15H,7-8H2,1-2H3/t11-/m1/s1. The minimum atomic E-state index is -0.760. The van der Waals surface area contributed by atoms with Crippen LogP contribution in [-0.2, 0) is 11.3 Å². The van der Waals surface area contributed by atoms with Crippen LogP contribution in [-0.4, -0.2) is 28.5 Å². The molecule has 1 atom stereocenters. The van der Waals surface area contributed by atoms with Gasteiger partial charge in [-0.25, -0.2) is 0 Å². The summed E-state index contributed by atoms with van der Waals surface area (Å²) in [7, 11) is 0. The summed E-state index contributed by atoms with van der Waals surface area (Å²) in [6.07, 6.45) is 0.817. The number of hydrogen-bond acceptors (Lipinski definition) is 4. The van der Waals surface area contributed by atoms with Gasteiger partial charge >= 0.3 is 0 Å². The monoisotopic (exact) mass is 236 g/mol. The maximum absolute atomic E-state index is 11.7. The van der Waals surface area contributed by atoms with E-state index in [4.69, 9.17) is 10.00 Å². The molecule has 5 nitrogen and oxygen atoms in total. The summed E-state index contributed by atoms with van der Waals surface area (Å²) in [4.78, 5) is 11.7. The Labute approximate surface area is 99.9 Å². The molecule has 1 N–H and O–H groups in total. The molecule has 1 aromatic heterocycles. The Kier molecular flexibility index (Phi) is 4.88. The first kappa shape index (κ1) is 13.4. The van der Waals surface area contributed by atoms with E-state index in [0.29, 0.717) is 0 Å². The van der Waals surface area contributed by atoms with Crippen molar-refractivity contribution in [1.82, 2.24) is 4.57 Å². The molecule has 92 valence electrons. The minimum absolute atomic E-state index is 0.0341. The van der Waals surface area contributed by atoms with Crippen molar-refractivity contribution in [3.05, 3.63) is 34.2 Å². The van der Waals surface area contributed by atoms with Crippen molar-refractivity contribution in [1.29, 1.82) is 5.26 Å². The lowest BCUT2D eigenvalue weighted by Crippen LogP contribution is -2.30. The zero-order chi connectivity index (χ0) is 12.8. The molecule has 0 fully saturated rings. The van der Waals surface area contributed by atoms with Crippen LogP contribution in [0.25, 0.3) is 0 Å². The molecule has 0 aliphatic carbocycles. The van der Waals surface area contributed by atoms with Crippen molar-refractivity contribution in [2.24, 2.45) is 0 Å². The van der Waals surface area contributed by atoms with E-state index >= 15 is 0 Å². The van der Waals surface area contributed by atoms with E-state index in [1.807, 2.05) is 19.9 Å². The van der Waals surface area contributed by atoms with Crippen LogP contribution in [0.5, 0.6) is 0 Å². The lowest BCUT2D eigenvalue weighted by Gasteiger charge is -2.14. The number of nitrogens with zero attached hydrogens (tertiary/aromatic N) is 2. The maximum atomic E-state index is 11.7. The Balaban J connectivity index is 2.69. The molecule has 5 heteroatoms. The van der Waals surface area contributed by atoms with Crippen molar-refractivity contribution in [3.63, 3.8) is 0 Å². The number of aromatic nitrogens is 1. The topological polar surface area (TPSA) is 75.2 Å². The van der Waals surface area contributed by atoms with Gasteiger partial charge in [0.25, 0.3) is 5.56 Å². The van der Waals surface area contributed by atoms with Crippen molar-refractivity contribution in [2.75, 3.05) is 6.61 Å². The van der Waals surface area contributed by atoms with E-state index in [9.17, 15) is 9.90 Å². The molecule has 1 aromatic rings. The van der Waals surface area contributed by atoms with E-state index in [0.717, 1.165) is 0 Å². The fraction of sp³-hybridized carbons (Fsp3) is 0.500. The Morgan fingerprint density at radius 3 is 2.88 bits per heavy atom. The fourth-order valence-corrected chi connectivity index (χ4v) is 1.35. The second kappa shape index (κ2) is 6.18. The zero-order valence-corrected chi connectivity index (χ0v) is 9.96. The molecule has 0 radical (unpaired) electrons. The average molecular weight is 236 g/mol. The molecule has 0 aliphatic heterocycles. The van der Waals surface area contributed by atoms with Gasteiger partial charge < -0.3 is 14.4 Å². The third-order valence-corrected chi connectivity index (χ3v) is 2.17. The number of nitriles is 1. The van der Waals surface area contributed by atoms with Crippen molar-refractivity contribution < 1.29 is 9.84 Å². The second-order valence-electron chi connectivity index (χ2n) is 4.03. The number of pyridine rings is 1. The van der Waals surface area contributed by atoms with Crippen LogP contribution in [0.15, 0.2) is 23.1 Å². The minimum Gasteiger partial charge on any atom is -0.389 e. The number of aliphatic hydroxyl groups excluding tert-OH is 1. The van der Waals surface area contributed by atoms with Crippen LogP contribution >= 0.6 is 0 Å². The summed E-state index contributed by atoms with van der Waals surface area (Å²) in [6, 6.07) is 4.87. The molecule has 0 bridgehead atoms. The summed E-state index contributed by atoms with van der Waals surface area (Å²) in [5, 5.41) is 18.4. The van der Waals surface area contributed by atoms with Crippen molar-refractivity contribution >= 4 is 0 Å². The molecule has 0 aromatic carbocycles. The Morgan fingerprint density at radius 2 is 2.29 bits per heavy atom. The van der Waals surface area contributed by atoms with Gasteiger partial charge in [0.05, 0.1) is 25.4 Å². The second-order valence-corrected chi connectivity index (χ2v) is 4.03. The Hall–Kier alpha value is -1.64. The first-order chi connectivity index (χ1) is 8.04. The maximum Gasteiger partial charge on any atom is 0.268 e. The number of aliphatic hydroxyl groups is 1. The summed E-state index contributed by atoms with van der Waals surface area (Å²) >= 11 is 0. The molecule has 1 heterocycles. The molecule has 1 rings (SSSR count). The summed E-state index contributed by atoms with van der Waals surface area (Å²) < 4.78 is 6.55. The highest BCUT2D eigenvalue weighted by molar-refractivity contribution is 5.24. The largest absolute Gasteiger partial charge is 0.389 e. The lowest BCUT2D eigenvalue weighted by atomic mass is 10.3. The van der Waals surface area contributed by atoms with Crippen molar-refractivity contribution in [2.45, 2.75) is 32.6 Å². The number of rotatable bonds is 5. The zero-order valence-electron chi connectivity index (χ0n) is 9.96. The highest BCUT2D eigenvalue weighted by Gasteiger charge is 2.09. The van der Waals surface area contributed by atoms with Gasteiger partial charge in [0, 0.05) is 6.20 Å². The van der Waals surface area contributed by atoms with Gasteiger partial charge in [0.15, 0.2) is 0 Å². The molecular weight excluding hydrogens is 220 g/mol. The van der Waals surface area contributed by atoms with Gasteiger partial charge in [-0.3, -0.25) is 4.79 Å². The predicted octanol–water partition coefficient (Wildman–Crippen LogP) is 0.506. The van der Waals surface area contributed by atoms with Crippen molar-refractivity contribution in [3.8, 4) is 6.07 Å². The number of ether oxygens (including phenoxy) is 1. The molecule has 0 saturated carbocycles. The third kappa shape index (κ3) is 4.02. The molecule has 0 spiro atoms. The Morgan fingerprint density at radius 1 is 1.59 bits per heavy atom. The summed E-state index contributed by atoms with van der Waals surface area (Å²) in [6.45, 7) is 4.03. The van der Waals surface area contributed by atoms with E-state index in [1.165, 1.54) is 10.6 Å². The predicted molar refractivity (Wildman–Crippen MR) is 62.5 cm³/mol. The van der Waals surface area contributed by atoms with Gasteiger partial charge in [-0.2, -0.15) is 5.26 Å². The fourth-order valence-electron chi connectivity index (χ4n) is 1.35. The van der Waals surface area contributed by atoms with E-state index in [1.54, 1.807) is 12.3 Å². The molecule has 0 unspecified atom stereocenters. The van der Waals surface area contributed by atoms with E-state index < -0.39 is 11.7 Å². The quantitative estimate of drug-likeness (QED) is 0.808. The SMILES string of the molecule is CC(C)OC[C@H](O)Cn1cccc(C#N)c1=O. The summed E-state index contributed by atoms with van der Waals surface area (Å²) in [5.74, 6) is 0. The first-order valence-electron chi connectivity index (χ1n) is 5.43. The van der Waals surface area contributed by atoms with Gasteiger partial charge in [0.1, 0.15) is 11.6 Å². The highest BCUT2D eigenvalue weighted by Crippen LogP contribution is 1.96. The first-order valence-corrected chi connectivity index (χ1v) is 5.43. The normalized spacial score (nSPS) is 12.4. The highest BCUT2D eigenvalue weighted by atomic mass is 16.5. The van der Waals surface area contributed by atoms with Gasteiger partial charge in [0.2, 0.25) is 0 Å². The van der Waals surface area contributed by atoms with E-state index in [-0.39, 0.29) is 24.8 Å². The smallest absolute Gasteiger partial charge is 0.268 e. The molecule has 0 aliphatic rings. The van der Waals surface area contributed by atoms with Crippen LogP contribution < -0.4 is 5.56 Å². The number of hydrogen-bond donors (Lipinski definition) is 1. The van der Waals surface area contributed by atoms with Gasteiger partial charge in [-0.05, 0) is 26.0 Å². The van der Waals surface area contributed by atoms with Crippen LogP contribution in [0, 0.1) is 11.3 Å². The Bertz CT molecular complexity index is 460. The lowest BCUT2D eigenvalue weighted by molar-refractivity contribution is -0.00107. The molecule has 0 saturated heterocycles. The van der Waals surface area contributed by atoms with Crippen LogP contribution in [0.4, 0.5) is 0 Å². The molecular formula is C12H16N2O3.